The van der Waals surface area contributed by atoms with E-state index in [1.165, 1.54) is 18.2 Å². The van der Waals surface area contributed by atoms with Crippen LogP contribution in [0.5, 0.6) is 5.75 Å². The van der Waals surface area contributed by atoms with E-state index in [0.717, 1.165) is 11.7 Å². The number of methoxy groups -OCH3 is 1. The average Bonchev–Trinajstić information content (AvgIpc) is 2.62. The van der Waals surface area contributed by atoms with E-state index in [9.17, 15) is 18.4 Å². The molecule has 0 radical (unpaired) electrons. The van der Waals surface area contributed by atoms with Gasteiger partial charge in [-0.3, -0.25) is 9.36 Å². The maximum Gasteiger partial charge on any atom is 0.387 e. The van der Waals surface area contributed by atoms with Crippen LogP contribution in [0.4, 0.5) is 20.2 Å². The van der Waals surface area contributed by atoms with E-state index < -0.39 is 18.1 Å². The molecule has 4 N–H and O–H groups in total. The van der Waals surface area contributed by atoms with Crippen LogP contribution in [-0.2, 0) is 4.74 Å². The summed E-state index contributed by atoms with van der Waals surface area (Å²) in [6.45, 7) is -3.04. The van der Waals surface area contributed by atoms with Crippen molar-refractivity contribution in [2.45, 2.75) is 6.61 Å². The number of alkyl halides is 2. The van der Waals surface area contributed by atoms with Crippen LogP contribution in [0.1, 0.15) is 10.4 Å². The summed E-state index contributed by atoms with van der Waals surface area (Å²) in [4.78, 5) is 25.1. The predicted octanol–water partition coefficient (Wildman–Crippen LogP) is 2.54. The molecule has 2 aromatic carbocycles. The third-order valence-corrected chi connectivity index (χ3v) is 3.95. The van der Waals surface area contributed by atoms with Crippen molar-refractivity contribution in [2.75, 3.05) is 18.6 Å². The second kappa shape index (κ2) is 6.94. The lowest BCUT2D eigenvalue weighted by Crippen LogP contribution is -2.28. The van der Waals surface area contributed by atoms with E-state index in [1.807, 2.05) is 0 Å². The number of nitrogens with zero attached hydrogens (tertiary/aromatic N) is 1. The molecular formula is C18H15F2N3O4. The van der Waals surface area contributed by atoms with Gasteiger partial charge in [-0.25, -0.2) is 4.79 Å². The summed E-state index contributed by atoms with van der Waals surface area (Å²) in [5.74, 6) is -1.07. The monoisotopic (exact) mass is 375 g/mol. The highest BCUT2D eigenvalue weighted by molar-refractivity contribution is 6.04. The largest absolute Gasteiger partial charge is 0.465 e. The van der Waals surface area contributed by atoms with Gasteiger partial charge < -0.3 is 20.9 Å². The van der Waals surface area contributed by atoms with Crippen molar-refractivity contribution in [1.82, 2.24) is 4.57 Å². The van der Waals surface area contributed by atoms with Crippen LogP contribution < -0.4 is 21.8 Å². The molecule has 3 aromatic rings. The van der Waals surface area contributed by atoms with Gasteiger partial charge in [0.25, 0.3) is 5.56 Å². The Bertz CT molecular complexity index is 1080. The van der Waals surface area contributed by atoms with Crippen molar-refractivity contribution >= 4 is 28.2 Å². The zero-order chi connectivity index (χ0) is 19.7. The molecule has 0 aliphatic carbocycles. The van der Waals surface area contributed by atoms with Crippen molar-refractivity contribution in [2.24, 2.45) is 0 Å². The number of pyridine rings is 1. The molecule has 3 rings (SSSR count). The topological polar surface area (TPSA) is 110 Å². The molecule has 0 bridgehead atoms. The molecule has 0 aliphatic heterocycles. The fourth-order valence-electron chi connectivity index (χ4n) is 2.75. The van der Waals surface area contributed by atoms with Gasteiger partial charge in [0.15, 0.2) is 0 Å². The third kappa shape index (κ3) is 3.26. The van der Waals surface area contributed by atoms with Crippen molar-refractivity contribution in [1.29, 1.82) is 0 Å². The summed E-state index contributed by atoms with van der Waals surface area (Å²) in [5, 5.41) is 0.299. The van der Waals surface area contributed by atoms with Gasteiger partial charge in [0.05, 0.1) is 18.3 Å². The lowest BCUT2D eigenvalue weighted by Gasteiger charge is -2.16. The van der Waals surface area contributed by atoms with E-state index >= 15 is 0 Å². The van der Waals surface area contributed by atoms with Crippen molar-refractivity contribution in [3.8, 4) is 11.4 Å². The smallest absolute Gasteiger partial charge is 0.387 e. The Kier molecular flexibility index (Phi) is 4.68. The van der Waals surface area contributed by atoms with Crippen LogP contribution >= 0.6 is 0 Å². The second-order valence-electron chi connectivity index (χ2n) is 5.57. The molecule has 0 aliphatic rings. The number of hydrogen-bond acceptors (Lipinski definition) is 6. The quantitative estimate of drug-likeness (QED) is 0.536. The minimum Gasteiger partial charge on any atom is -0.465 e. The van der Waals surface area contributed by atoms with Crippen LogP contribution in [0, 0.1) is 0 Å². The zero-order valence-corrected chi connectivity index (χ0v) is 14.1. The van der Waals surface area contributed by atoms with Gasteiger partial charge in [0, 0.05) is 22.8 Å². The predicted molar refractivity (Wildman–Crippen MR) is 96.3 cm³/mol. The first-order valence-corrected chi connectivity index (χ1v) is 7.70. The first kappa shape index (κ1) is 18.2. The van der Waals surface area contributed by atoms with Gasteiger partial charge in [-0.05, 0) is 36.4 Å². The lowest BCUT2D eigenvalue weighted by atomic mass is 10.1. The number of fused-ring (bicyclic) bond motifs is 1. The molecule has 7 nitrogen and oxygen atoms in total. The summed E-state index contributed by atoms with van der Waals surface area (Å²) in [5.41, 5.74) is 11.4. The minimum atomic E-state index is -3.04. The SMILES string of the molecule is COC(=O)c1c(N)c2ccc(OC(F)F)cc2n(-c2ccc(N)cc2)c1=O. The molecule has 0 fully saturated rings. The number of nitrogens with two attached hydrogens (primary N) is 2. The number of nitrogen functional groups attached to an aromatic ring is 2. The maximum atomic E-state index is 13.0. The van der Waals surface area contributed by atoms with Crippen LogP contribution in [0.2, 0.25) is 0 Å². The molecular weight excluding hydrogens is 360 g/mol. The summed E-state index contributed by atoms with van der Waals surface area (Å²) >= 11 is 0. The van der Waals surface area contributed by atoms with Crippen molar-refractivity contribution < 1.29 is 23.0 Å². The van der Waals surface area contributed by atoms with Crippen molar-refractivity contribution in [3.63, 3.8) is 0 Å². The lowest BCUT2D eigenvalue weighted by molar-refractivity contribution is -0.0497. The molecule has 1 heterocycles. The summed E-state index contributed by atoms with van der Waals surface area (Å²) in [6, 6.07) is 10.1. The van der Waals surface area contributed by atoms with Gasteiger partial charge in [0.1, 0.15) is 11.3 Å². The number of carbonyl (C=O) groups excluding carboxylic acids is 1. The summed E-state index contributed by atoms with van der Waals surface area (Å²) in [6.07, 6.45) is 0. The first-order valence-electron chi connectivity index (χ1n) is 7.70. The molecule has 140 valence electrons. The van der Waals surface area contributed by atoms with E-state index in [-0.39, 0.29) is 22.5 Å². The second-order valence-corrected chi connectivity index (χ2v) is 5.57. The Morgan fingerprint density at radius 2 is 1.78 bits per heavy atom. The number of ether oxygens (including phenoxy) is 2. The number of hydrogen-bond donors (Lipinski definition) is 2. The fourth-order valence-corrected chi connectivity index (χ4v) is 2.75. The highest BCUT2D eigenvalue weighted by atomic mass is 19.3. The average molecular weight is 375 g/mol. The van der Waals surface area contributed by atoms with Crippen LogP contribution in [0.25, 0.3) is 16.6 Å². The van der Waals surface area contributed by atoms with Crippen LogP contribution in [0.15, 0.2) is 47.3 Å². The van der Waals surface area contributed by atoms with Gasteiger partial charge in [-0.15, -0.1) is 0 Å². The molecule has 0 saturated carbocycles. The van der Waals surface area contributed by atoms with E-state index in [0.29, 0.717) is 16.8 Å². The zero-order valence-electron chi connectivity index (χ0n) is 14.1. The van der Waals surface area contributed by atoms with Gasteiger partial charge in [-0.1, -0.05) is 0 Å². The molecule has 0 saturated heterocycles. The minimum absolute atomic E-state index is 0.114. The Balaban J connectivity index is 2.42. The molecule has 0 atom stereocenters. The normalized spacial score (nSPS) is 11.0. The molecule has 0 unspecified atom stereocenters. The number of esters is 1. The Morgan fingerprint density at radius 3 is 2.37 bits per heavy atom. The Labute approximate surface area is 151 Å². The molecule has 1 aromatic heterocycles. The molecule has 9 heteroatoms. The highest BCUT2D eigenvalue weighted by Gasteiger charge is 2.22. The molecule has 0 amide bonds. The highest BCUT2D eigenvalue weighted by Crippen LogP contribution is 2.29. The third-order valence-electron chi connectivity index (χ3n) is 3.95. The van der Waals surface area contributed by atoms with Gasteiger partial charge in [-0.2, -0.15) is 8.78 Å². The number of halogens is 2. The number of anilines is 2. The fraction of sp³-hybridized carbons (Fsp3) is 0.111. The number of benzene rings is 2. The maximum absolute atomic E-state index is 13.0. The van der Waals surface area contributed by atoms with Crippen LogP contribution in [0.3, 0.4) is 0 Å². The van der Waals surface area contributed by atoms with Crippen LogP contribution in [-0.4, -0.2) is 24.3 Å². The first-order chi connectivity index (χ1) is 12.8. The van der Waals surface area contributed by atoms with E-state index in [4.69, 9.17) is 11.5 Å². The Hall–Kier alpha value is -3.62. The molecule has 0 spiro atoms. The van der Waals surface area contributed by atoms with Crippen molar-refractivity contribution in [3.05, 3.63) is 58.4 Å². The summed E-state index contributed by atoms with van der Waals surface area (Å²) < 4.78 is 35.4. The number of carbonyl (C=O) groups is 1. The summed E-state index contributed by atoms with van der Waals surface area (Å²) in [7, 11) is 1.12. The van der Waals surface area contributed by atoms with Gasteiger partial charge in [0.2, 0.25) is 0 Å². The number of rotatable bonds is 4. The van der Waals surface area contributed by atoms with E-state index in [1.54, 1.807) is 24.3 Å². The molecule has 27 heavy (non-hydrogen) atoms. The van der Waals surface area contributed by atoms with Gasteiger partial charge >= 0.3 is 12.6 Å². The standard InChI is InChI=1S/C18H15F2N3O4/c1-26-17(25)14-15(22)12-7-6-11(27-18(19)20)8-13(12)23(16(14)24)10-4-2-9(21)3-5-10/h2-8,18H,21-22H2,1H3. The Morgan fingerprint density at radius 1 is 1.11 bits per heavy atom. The van der Waals surface area contributed by atoms with E-state index in [2.05, 4.69) is 9.47 Å². The number of aromatic nitrogens is 1.